The van der Waals surface area contributed by atoms with Crippen molar-refractivity contribution in [3.05, 3.63) is 72.6 Å². The summed E-state index contributed by atoms with van der Waals surface area (Å²) in [6, 6.07) is 20.4. The lowest BCUT2D eigenvalue weighted by Crippen LogP contribution is -2.66. The number of halogens is 1. The Hall–Kier alpha value is -1.75. The molecule has 2 nitrogen and oxygen atoms in total. The van der Waals surface area contributed by atoms with Crippen molar-refractivity contribution in [1.29, 1.82) is 0 Å². The van der Waals surface area contributed by atoms with Crippen LogP contribution in [0.4, 0.5) is 4.39 Å². The maximum atomic E-state index is 13.4. The minimum Gasteiger partial charge on any atom is -0.404 e. The maximum Gasteiger partial charge on any atom is 0.261 e. The number of hydrogen-bond acceptors (Lipinski definition) is 2. The lowest BCUT2D eigenvalue weighted by Gasteiger charge is -2.42. The fraction of sp³-hybridized carbons (Fsp3) is 0.300. The van der Waals surface area contributed by atoms with Crippen LogP contribution < -0.4 is 10.4 Å². The van der Waals surface area contributed by atoms with Gasteiger partial charge in [0.1, 0.15) is 5.83 Å². The molecule has 0 unspecified atom stereocenters. The van der Waals surface area contributed by atoms with Crippen LogP contribution in [-0.2, 0) is 4.43 Å². The molecular formula is C20H25FO2Si. The van der Waals surface area contributed by atoms with E-state index in [9.17, 15) is 4.39 Å². The van der Waals surface area contributed by atoms with Crippen molar-refractivity contribution in [3.8, 4) is 0 Å². The summed E-state index contributed by atoms with van der Waals surface area (Å²) in [5.41, 5.74) is 0. The van der Waals surface area contributed by atoms with Gasteiger partial charge in [0.25, 0.3) is 8.32 Å². The van der Waals surface area contributed by atoms with E-state index in [1.165, 1.54) is 6.08 Å². The van der Waals surface area contributed by atoms with Crippen molar-refractivity contribution in [2.75, 3.05) is 13.2 Å². The van der Waals surface area contributed by atoms with Crippen LogP contribution in [0, 0.1) is 0 Å². The van der Waals surface area contributed by atoms with E-state index in [1.807, 2.05) is 36.4 Å². The summed E-state index contributed by atoms with van der Waals surface area (Å²) in [7, 11) is -2.62. The van der Waals surface area contributed by atoms with Gasteiger partial charge in [0.2, 0.25) is 0 Å². The molecule has 0 saturated carbocycles. The predicted octanol–water partition coefficient (Wildman–Crippen LogP) is 3.41. The fourth-order valence-electron chi connectivity index (χ4n) is 3.08. The number of hydrogen-bond donors (Lipinski definition) is 1. The molecule has 2 aromatic rings. The molecule has 2 rings (SSSR count). The van der Waals surface area contributed by atoms with Crippen molar-refractivity contribution in [2.45, 2.75) is 25.8 Å². The molecule has 24 heavy (non-hydrogen) atoms. The lowest BCUT2D eigenvalue weighted by molar-refractivity contribution is 0.289. The Morgan fingerprint density at radius 2 is 1.46 bits per heavy atom. The van der Waals surface area contributed by atoms with Gasteiger partial charge in [-0.15, -0.1) is 0 Å². The summed E-state index contributed by atoms with van der Waals surface area (Å²) in [6.45, 7) is 6.06. The molecule has 128 valence electrons. The normalized spacial score (nSPS) is 13.1. The van der Waals surface area contributed by atoms with Gasteiger partial charge < -0.3 is 9.53 Å². The molecule has 0 bridgehead atoms. The number of aliphatic hydroxyl groups is 1. The Balaban J connectivity index is 2.57. The molecule has 0 heterocycles. The molecule has 0 aliphatic heterocycles. The highest BCUT2D eigenvalue weighted by atomic mass is 28.4. The Labute approximate surface area is 144 Å². The first-order valence-electron chi connectivity index (χ1n) is 8.12. The highest BCUT2D eigenvalue weighted by molar-refractivity contribution is 6.99. The van der Waals surface area contributed by atoms with Crippen molar-refractivity contribution in [2.24, 2.45) is 0 Å². The van der Waals surface area contributed by atoms with Crippen LogP contribution in [0.15, 0.2) is 72.6 Å². The average molecular weight is 345 g/mol. The van der Waals surface area contributed by atoms with Crippen LogP contribution in [-0.4, -0.2) is 26.6 Å². The Morgan fingerprint density at radius 1 is 1.00 bits per heavy atom. The van der Waals surface area contributed by atoms with E-state index in [2.05, 4.69) is 45.0 Å². The average Bonchev–Trinajstić information content (AvgIpc) is 2.59. The van der Waals surface area contributed by atoms with Gasteiger partial charge in [-0.1, -0.05) is 81.4 Å². The summed E-state index contributed by atoms with van der Waals surface area (Å²) in [5.74, 6) is -0.562. The van der Waals surface area contributed by atoms with Crippen LogP contribution >= 0.6 is 0 Å². The molecule has 0 amide bonds. The first-order valence-corrected chi connectivity index (χ1v) is 10.0. The second-order valence-corrected chi connectivity index (χ2v) is 11.1. The summed E-state index contributed by atoms with van der Waals surface area (Å²) in [4.78, 5) is 0. The van der Waals surface area contributed by atoms with E-state index < -0.39 is 20.8 Å². The first-order chi connectivity index (χ1) is 11.4. The molecule has 0 saturated heterocycles. The van der Waals surface area contributed by atoms with Gasteiger partial charge >= 0.3 is 0 Å². The van der Waals surface area contributed by atoms with Gasteiger partial charge in [0.15, 0.2) is 0 Å². The third kappa shape index (κ3) is 3.83. The second-order valence-electron chi connectivity index (χ2n) is 6.78. The quantitative estimate of drug-likeness (QED) is 0.814. The molecule has 0 atom stereocenters. The van der Waals surface area contributed by atoms with Crippen molar-refractivity contribution in [3.63, 3.8) is 0 Å². The monoisotopic (exact) mass is 344 g/mol. The third-order valence-electron chi connectivity index (χ3n) is 4.17. The third-order valence-corrected chi connectivity index (χ3v) is 9.18. The van der Waals surface area contributed by atoms with Gasteiger partial charge in [0.05, 0.1) is 13.2 Å². The molecule has 0 radical (unpaired) electrons. The van der Waals surface area contributed by atoms with Gasteiger partial charge in [-0.05, 0) is 21.5 Å². The van der Waals surface area contributed by atoms with Crippen LogP contribution in [0.5, 0.6) is 0 Å². The summed E-state index contributed by atoms with van der Waals surface area (Å²) < 4.78 is 19.8. The highest BCUT2D eigenvalue weighted by Crippen LogP contribution is 2.36. The largest absolute Gasteiger partial charge is 0.404 e. The number of rotatable bonds is 6. The van der Waals surface area contributed by atoms with Crippen molar-refractivity contribution in [1.82, 2.24) is 0 Å². The number of benzene rings is 2. The molecule has 0 spiro atoms. The van der Waals surface area contributed by atoms with Gasteiger partial charge in [-0.25, -0.2) is 4.39 Å². The predicted molar refractivity (Wildman–Crippen MR) is 99.8 cm³/mol. The SMILES string of the molecule is CC(C)(C)[Si](OC/C=C(\F)CO)(c1ccccc1)c1ccccc1. The highest BCUT2D eigenvalue weighted by Gasteiger charge is 2.49. The van der Waals surface area contributed by atoms with E-state index in [-0.39, 0.29) is 11.6 Å². The Morgan fingerprint density at radius 3 is 1.83 bits per heavy atom. The van der Waals surface area contributed by atoms with E-state index >= 15 is 0 Å². The zero-order chi connectivity index (χ0) is 17.6. The van der Waals surface area contributed by atoms with E-state index in [0.29, 0.717) is 0 Å². The molecule has 2 aromatic carbocycles. The van der Waals surface area contributed by atoms with Gasteiger partial charge in [-0.3, -0.25) is 0 Å². The van der Waals surface area contributed by atoms with E-state index in [0.717, 1.165) is 10.4 Å². The van der Waals surface area contributed by atoms with E-state index in [1.54, 1.807) is 0 Å². The van der Waals surface area contributed by atoms with Crippen LogP contribution in [0.1, 0.15) is 20.8 Å². The Bertz CT molecular complexity index is 624. The zero-order valence-corrected chi connectivity index (χ0v) is 15.5. The molecular weight excluding hydrogens is 319 g/mol. The Kier molecular flexibility index (Phi) is 6.10. The zero-order valence-electron chi connectivity index (χ0n) is 14.5. The number of aliphatic hydroxyl groups excluding tert-OH is 1. The molecule has 0 aliphatic carbocycles. The topological polar surface area (TPSA) is 29.5 Å². The minimum absolute atomic E-state index is 0.139. The summed E-state index contributed by atoms with van der Waals surface area (Å²) >= 11 is 0. The van der Waals surface area contributed by atoms with Crippen molar-refractivity contribution >= 4 is 18.7 Å². The van der Waals surface area contributed by atoms with Crippen LogP contribution in [0.25, 0.3) is 0 Å². The molecule has 0 aromatic heterocycles. The lowest BCUT2D eigenvalue weighted by atomic mass is 10.2. The van der Waals surface area contributed by atoms with Crippen molar-refractivity contribution < 1.29 is 13.9 Å². The molecule has 0 aliphatic rings. The molecule has 1 N–H and O–H groups in total. The fourth-order valence-corrected chi connectivity index (χ4v) is 7.57. The van der Waals surface area contributed by atoms with Crippen LogP contribution in [0.3, 0.4) is 0 Å². The summed E-state index contributed by atoms with van der Waals surface area (Å²) in [6.07, 6.45) is 1.32. The van der Waals surface area contributed by atoms with Gasteiger partial charge in [-0.2, -0.15) is 0 Å². The minimum atomic E-state index is -2.62. The first kappa shape index (κ1) is 18.6. The smallest absolute Gasteiger partial charge is 0.261 e. The second kappa shape index (κ2) is 7.88. The van der Waals surface area contributed by atoms with E-state index in [4.69, 9.17) is 9.53 Å². The van der Waals surface area contributed by atoms with Crippen LogP contribution in [0.2, 0.25) is 5.04 Å². The summed E-state index contributed by atoms with van der Waals surface area (Å²) in [5, 5.41) is 11.0. The van der Waals surface area contributed by atoms with Gasteiger partial charge in [0, 0.05) is 0 Å². The molecule has 4 heteroatoms. The standard InChI is InChI=1S/C20H25FO2Si/c1-20(2,3)24(18-10-6-4-7-11-18,19-12-8-5-9-13-19)23-15-14-17(21)16-22/h4-14,22H,15-16H2,1-3H3/b17-14-. The molecule has 0 fully saturated rings. The maximum absolute atomic E-state index is 13.4.